The number of guanidine groups is 1. The van der Waals surface area contributed by atoms with Gasteiger partial charge in [0.15, 0.2) is 5.96 Å². The smallest absolute Gasteiger partial charge is 0.246 e. The van der Waals surface area contributed by atoms with Gasteiger partial charge < -0.3 is 70.2 Å². The maximum atomic E-state index is 14.6. The predicted octanol–water partition coefficient (Wildman–Crippen LogP) is -2.56. The first kappa shape index (κ1) is 58.5. The van der Waals surface area contributed by atoms with Crippen LogP contribution in [0.2, 0.25) is 0 Å². The molecule has 0 radical (unpaired) electrons. The second-order valence-electron chi connectivity index (χ2n) is 18.0. The van der Waals surface area contributed by atoms with Gasteiger partial charge in [0.2, 0.25) is 59.1 Å². The Bertz CT molecular complexity index is 2310. The van der Waals surface area contributed by atoms with Crippen LogP contribution < -0.4 is 60.2 Å². The number of amides is 10. The summed E-state index contributed by atoms with van der Waals surface area (Å²) in [6, 6.07) is 5.60. The van der Waals surface area contributed by atoms with E-state index in [1.54, 1.807) is 56.3 Å². The molecule has 2 aliphatic heterocycles. The molecule has 26 heteroatoms. The average molecular weight is 1050 g/mol. The molecule has 4 rings (SSSR count). The minimum absolute atomic E-state index is 0.0139. The molecule has 0 aromatic heterocycles. The number of nitrogens with zero attached hydrogens (tertiary/aromatic N) is 2. The van der Waals surface area contributed by atoms with Gasteiger partial charge >= 0.3 is 0 Å². The van der Waals surface area contributed by atoms with E-state index in [0.717, 1.165) is 21.6 Å². The van der Waals surface area contributed by atoms with E-state index in [0.29, 0.717) is 17.5 Å². The zero-order valence-electron chi connectivity index (χ0n) is 40.8. The lowest BCUT2D eigenvalue weighted by molar-refractivity contribution is -0.142. The molecular formula is C47H67N13O11S2. The summed E-state index contributed by atoms with van der Waals surface area (Å²) < 4.78 is 0. The summed E-state index contributed by atoms with van der Waals surface area (Å²) in [5.41, 5.74) is 22.9. The van der Waals surface area contributed by atoms with E-state index in [1.165, 1.54) is 17.0 Å². The van der Waals surface area contributed by atoms with Crippen molar-refractivity contribution in [3.8, 4) is 5.75 Å². The van der Waals surface area contributed by atoms with Gasteiger partial charge in [-0.2, -0.15) is 0 Å². The van der Waals surface area contributed by atoms with Crippen LogP contribution in [-0.2, 0) is 60.8 Å². The Hall–Kier alpha value is -7.09. The molecule has 24 nitrogen and oxygen atoms in total. The topological polar surface area (TPSA) is 395 Å². The molecule has 2 saturated heterocycles. The number of aromatic hydroxyl groups is 1. The molecule has 398 valence electrons. The van der Waals surface area contributed by atoms with Crippen molar-refractivity contribution in [2.75, 3.05) is 31.1 Å². The van der Waals surface area contributed by atoms with Crippen molar-refractivity contribution >= 4 is 86.6 Å². The van der Waals surface area contributed by atoms with Crippen LogP contribution in [0.15, 0.2) is 59.6 Å². The van der Waals surface area contributed by atoms with E-state index in [1.807, 2.05) is 0 Å². The second kappa shape index (κ2) is 29.4. The van der Waals surface area contributed by atoms with Crippen LogP contribution in [0.5, 0.6) is 5.75 Å². The molecule has 0 aliphatic carbocycles. The number of aliphatic imine (C=N–C) groups is 1. The highest BCUT2D eigenvalue weighted by molar-refractivity contribution is 8.76. The highest BCUT2D eigenvalue weighted by Crippen LogP contribution is 2.26. The lowest BCUT2D eigenvalue weighted by Crippen LogP contribution is -2.61. The van der Waals surface area contributed by atoms with Crippen molar-refractivity contribution in [1.82, 2.24) is 42.1 Å². The Morgan fingerprint density at radius 1 is 0.767 bits per heavy atom. The number of primary amides is 2. The number of phenols is 1. The van der Waals surface area contributed by atoms with Gasteiger partial charge in [0.1, 0.15) is 48.0 Å². The fraction of sp³-hybridized carbons (Fsp3) is 0.511. The second-order valence-corrected chi connectivity index (χ2v) is 20.6. The number of carbonyl (C=O) groups excluding carboxylic acids is 10. The molecule has 2 aromatic rings. The van der Waals surface area contributed by atoms with E-state index < -0.39 is 114 Å². The Balaban J connectivity index is 1.67. The SMILES string of the molecule is CC(C)C[C@@H]1NC(=O)[C@H](Cc2ccccc2)NC(=O)[C@H](Cc2ccc(O)cc2)NC(=O)CCSSC[C@@H](C(=O)N2CCC[C@H]2C(=O)N[C@@H](CCCN=C(N)N)C(=O)NCC(N)=O)NC(=O)[C@H](CC(N)=O)NC1=O. The zero-order valence-corrected chi connectivity index (χ0v) is 42.4. The number of nitrogens with one attached hydrogen (secondary N) is 7. The van der Waals surface area contributed by atoms with Crippen molar-refractivity contribution in [2.45, 2.75) is 114 Å². The largest absolute Gasteiger partial charge is 0.508 e. The number of likely N-dealkylation sites (tertiary alicyclic amines) is 1. The maximum Gasteiger partial charge on any atom is 0.246 e. The number of carbonyl (C=O) groups is 10. The third-order valence-electron chi connectivity index (χ3n) is 11.5. The molecule has 0 spiro atoms. The molecule has 73 heavy (non-hydrogen) atoms. The van der Waals surface area contributed by atoms with E-state index in [4.69, 9.17) is 22.9 Å². The summed E-state index contributed by atoms with van der Waals surface area (Å²) in [4.78, 5) is 141. The fourth-order valence-corrected chi connectivity index (χ4v) is 10.1. The molecule has 2 aliphatic rings. The maximum absolute atomic E-state index is 14.6. The number of hydrogen-bond acceptors (Lipinski definition) is 14. The molecule has 2 aromatic carbocycles. The van der Waals surface area contributed by atoms with Crippen molar-refractivity contribution in [3.05, 3.63) is 65.7 Å². The van der Waals surface area contributed by atoms with Gasteiger partial charge in [-0.1, -0.05) is 77.9 Å². The number of phenolic OH excluding ortho intramolecular Hbond substituents is 1. The van der Waals surface area contributed by atoms with Crippen molar-refractivity contribution in [1.29, 1.82) is 0 Å². The normalized spacial score (nSPS) is 22.0. The molecule has 0 saturated carbocycles. The Morgan fingerprint density at radius 3 is 2.00 bits per heavy atom. The molecule has 16 N–H and O–H groups in total. The Morgan fingerprint density at radius 2 is 1.37 bits per heavy atom. The third kappa shape index (κ3) is 20.2. The molecule has 7 atom stereocenters. The number of nitrogens with two attached hydrogens (primary N) is 4. The van der Waals surface area contributed by atoms with Gasteiger partial charge in [-0.15, -0.1) is 0 Å². The summed E-state index contributed by atoms with van der Waals surface area (Å²) in [7, 11) is 2.26. The summed E-state index contributed by atoms with van der Waals surface area (Å²) in [6.45, 7) is 3.25. The van der Waals surface area contributed by atoms with E-state index in [9.17, 15) is 53.1 Å². The van der Waals surface area contributed by atoms with E-state index in [-0.39, 0.29) is 87.2 Å². The molecule has 10 amide bonds. The minimum Gasteiger partial charge on any atom is -0.508 e. The standard InChI is InChI=1S/C47H67N13O11S2/c1-26(2)20-31-41(66)58-34(23-37(48)62)44(69)59-35(46(71)60-18-7-11-36(60)45(70)55-30(10-6-17-52-47(50)51)40(65)53-24-38(49)63)25-73-72-19-16-39(64)54-32(22-28-12-14-29(61)15-13-28)42(67)57-33(43(68)56-31)21-27-8-4-3-5-9-27/h3-5,8-9,12-15,26,30-36,61H,6-7,10-11,16-25H2,1-2H3,(H2,48,62)(H2,49,63)(H,53,65)(H,54,64)(H,55,70)(H,56,68)(H,57,67)(H,58,66)(H,59,69)(H4,50,51,52)/t30-,31-,32-,33-,34-,35-,36-/m0/s1. The molecule has 0 bridgehead atoms. The first-order valence-electron chi connectivity index (χ1n) is 23.8. The number of benzene rings is 2. The molecular weight excluding hydrogens is 987 g/mol. The summed E-state index contributed by atoms with van der Waals surface area (Å²) in [5, 5.41) is 28.3. The fourth-order valence-electron chi connectivity index (χ4n) is 7.93. The van der Waals surface area contributed by atoms with Crippen molar-refractivity contribution in [2.24, 2.45) is 33.8 Å². The van der Waals surface area contributed by atoms with Crippen LogP contribution in [0.1, 0.15) is 69.9 Å². The minimum atomic E-state index is -1.66. The van der Waals surface area contributed by atoms with Crippen LogP contribution in [0.4, 0.5) is 0 Å². The first-order chi connectivity index (χ1) is 34.7. The predicted molar refractivity (Wildman–Crippen MR) is 273 cm³/mol. The average Bonchev–Trinajstić information content (AvgIpc) is 3.83. The van der Waals surface area contributed by atoms with Crippen LogP contribution >= 0.6 is 21.6 Å². The van der Waals surface area contributed by atoms with Gasteiger partial charge in [0.05, 0.1) is 13.0 Å². The monoisotopic (exact) mass is 1050 g/mol. The lowest BCUT2D eigenvalue weighted by atomic mass is 9.99. The summed E-state index contributed by atoms with van der Waals surface area (Å²) >= 11 is 0. The lowest BCUT2D eigenvalue weighted by Gasteiger charge is -2.31. The third-order valence-corrected chi connectivity index (χ3v) is 13.9. The quantitative estimate of drug-likeness (QED) is 0.0316. The summed E-state index contributed by atoms with van der Waals surface area (Å²) in [6.07, 6.45) is -0.0656. The number of rotatable bonds is 18. The zero-order chi connectivity index (χ0) is 53.6. The van der Waals surface area contributed by atoms with Crippen molar-refractivity contribution in [3.63, 3.8) is 0 Å². The first-order valence-corrected chi connectivity index (χ1v) is 26.3. The van der Waals surface area contributed by atoms with Gasteiger partial charge in [-0.05, 0) is 61.3 Å². The van der Waals surface area contributed by atoms with Gasteiger partial charge in [-0.25, -0.2) is 0 Å². The highest BCUT2D eigenvalue weighted by atomic mass is 33.1. The van der Waals surface area contributed by atoms with Crippen LogP contribution in [-0.4, -0.2) is 148 Å². The Kier molecular flexibility index (Phi) is 23.6. The van der Waals surface area contributed by atoms with Gasteiger partial charge in [0, 0.05) is 43.9 Å². The van der Waals surface area contributed by atoms with Gasteiger partial charge in [-0.3, -0.25) is 52.9 Å². The van der Waals surface area contributed by atoms with Crippen LogP contribution in [0.3, 0.4) is 0 Å². The van der Waals surface area contributed by atoms with E-state index >= 15 is 0 Å². The molecule has 2 fully saturated rings. The molecule has 2 heterocycles. The van der Waals surface area contributed by atoms with Crippen LogP contribution in [0.25, 0.3) is 0 Å². The summed E-state index contributed by atoms with van der Waals surface area (Å²) in [5.74, 6) is -8.26. The Labute approximate surface area is 430 Å². The number of hydrogen-bond donors (Lipinski definition) is 12. The van der Waals surface area contributed by atoms with Gasteiger partial charge in [0.25, 0.3) is 0 Å². The van der Waals surface area contributed by atoms with Crippen LogP contribution in [0, 0.1) is 5.92 Å². The molecule has 0 unspecified atom stereocenters. The van der Waals surface area contributed by atoms with E-state index in [2.05, 4.69) is 42.2 Å². The van der Waals surface area contributed by atoms with Crippen molar-refractivity contribution < 1.29 is 53.1 Å². The highest BCUT2D eigenvalue weighted by Gasteiger charge is 2.40.